The van der Waals surface area contributed by atoms with Crippen molar-refractivity contribution >= 4 is 29.3 Å². The Balaban J connectivity index is 1.84. The molecule has 3 aromatic rings. The largest absolute Gasteiger partial charge is 0.363 e. The van der Waals surface area contributed by atoms with Gasteiger partial charge in [-0.3, -0.25) is 24.4 Å². The second-order valence-corrected chi connectivity index (χ2v) is 6.05. The Morgan fingerprint density at radius 3 is 2.52 bits per heavy atom. The van der Waals surface area contributed by atoms with Crippen LogP contribution >= 0.6 is 11.7 Å². The van der Waals surface area contributed by atoms with Gasteiger partial charge in [-0.2, -0.15) is 8.75 Å². The number of hydrogen-bond donors (Lipinski definition) is 2. The summed E-state index contributed by atoms with van der Waals surface area (Å²) in [4.78, 5) is 44.1. The number of carbonyl (C=O) groups excluding carboxylic acids is 3. The van der Waals surface area contributed by atoms with Crippen molar-refractivity contribution in [2.75, 3.05) is 0 Å². The van der Waals surface area contributed by atoms with Gasteiger partial charge in [0.25, 0.3) is 11.8 Å². The Bertz CT molecular complexity index is 961. The lowest BCUT2D eigenvalue weighted by atomic mass is 10.0. The summed E-state index contributed by atoms with van der Waals surface area (Å²) in [7, 11) is 0. The SMILES string of the molecule is NC(=O)C(=O)C(Cc1ccncc1)NC(=O)c1nsnc1-c1cccnc1. The molecule has 0 radical (unpaired) electrons. The van der Waals surface area contributed by atoms with Gasteiger partial charge in [-0.1, -0.05) is 0 Å². The van der Waals surface area contributed by atoms with Gasteiger partial charge in [-0.05, 0) is 29.8 Å². The minimum atomic E-state index is -1.13. The van der Waals surface area contributed by atoms with Crippen LogP contribution < -0.4 is 11.1 Å². The summed E-state index contributed by atoms with van der Waals surface area (Å²) in [6.45, 7) is 0. The Kier molecular flexibility index (Phi) is 5.57. The van der Waals surface area contributed by atoms with Gasteiger partial charge >= 0.3 is 0 Å². The lowest BCUT2D eigenvalue weighted by molar-refractivity contribution is -0.137. The van der Waals surface area contributed by atoms with E-state index in [9.17, 15) is 14.4 Å². The van der Waals surface area contributed by atoms with Gasteiger partial charge in [0.2, 0.25) is 5.78 Å². The maximum Gasteiger partial charge on any atom is 0.287 e. The predicted molar refractivity (Wildman–Crippen MR) is 96.5 cm³/mol. The molecule has 0 aliphatic carbocycles. The zero-order chi connectivity index (χ0) is 19.2. The fraction of sp³-hybridized carbons (Fsp3) is 0.118. The van der Waals surface area contributed by atoms with Crippen molar-refractivity contribution in [1.29, 1.82) is 0 Å². The zero-order valence-electron chi connectivity index (χ0n) is 13.9. The van der Waals surface area contributed by atoms with Crippen molar-refractivity contribution in [3.05, 3.63) is 60.3 Å². The number of ketones is 1. The van der Waals surface area contributed by atoms with Gasteiger partial charge in [0.1, 0.15) is 11.7 Å². The minimum Gasteiger partial charge on any atom is -0.363 e. The highest BCUT2D eigenvalue weighted by atomic mass is 32.1. The third kappa shape index (κ3) is 4.36. The molecule has 2 amide bonds. The molecule has 3 rings (SSSR count). The molecule has 136 valence electrons. The van der Waals surface area contributed by atoms with Gasteiger partial charge < -0.3 is 11.1 Å². The average Bonchev–Trinajstić information content (AvgIpc) is 3.18. The van der Waals surface area contributed by atoms with E-state index in [0.29, 0.717) is 16.8 Å². The van der Waals surface area contributed by atoms with Crippen LogP contribution in [-0.4, -0.2) is 42.4 Å². The number of pyridine rings is 2. The molecule has 9 nitrogen and oxygen atoms in total. The summed E-state index contributed by atoms with van der Waals surface area (Å²) in [5.74, 6) is -2.65. The molecule has 0 saturated carbocycles. The number of amides is 2. The molecule has 3 heterocycles. The maximum absolute atomic E-state index is 12.7. The molecule has 1 atom stereocenters. The number of Topliss-reactive ketones (excluding diaryl/α,β-unsaturated/α-hetero) is 1. The van der Waals surface area contributed by atoms with Crippen LogP contribution in [0.4, 0.5) is 0 Å². The van der Waals surface area contributed by atoms with Crippen molar-refractivity contribution in [1.82, 2.24) is 24.0 Å². The first-order chi connectivity index (χ1) is 13.1. The Labute approximate surface area is 158 Å². The number of nitrogens with one attached hydrogen (secondary N) is 1. The van der Waals surface area contributed by atoms with E-state index in [-0.39, 0.29) is 12.1 Å². The summed E-state index contributed by atoms with van der Waals surface area (Å²) in [6.07, 6.45) is 6.34. The second kappa shape index (κ2) is 8.23. The summed E-state index contributed by atoms with van der Waals surface area (Å²) in [6, 6.07) is 5.68. The third-order valence-electron chi connectivity index (χ3n) is 3.69. The normalized spacial score (nSPS) is 11.6. The Hall–Kier alpha value is -3.53. The van der Waals surface area contributed by atoms with E-state index in [1.54, 1.807) is 49.1 Å². The van der Waals surface area contributed by atoms with E-state index in [1.807, 2.05) is 0 Å². The number of aromatic nitrogens is 4. The molecule has 27 heavy (non-hydrogen) atoms. The van der Waals surface area contributed by atoms with Crippen LogP contribution in [0.1, 0.15) is 16.1 Å². The molecule has 0 fully saturated rings. The number of nitrogens with two attached hydrogens (primary N) is 1. The number of rotatable bonds is 7. The molecule has 0 aliphatic rings. The molecule has 0 bridgehead atoms. The molecule has 0 spiro atoms. The van der Waals surface area contributed by atoms with E-state index in [2.05, 4.69) is 24.0 Å². The third-order valence-corrected chi connectivity index (χ3v) is 4.22. The topological polar surface area (TPSA) is 141 Å². The highest BCUT2D eigenvalue weighted by Gasteiger charge is 2.28. The molecule has 3 aromatic heterocycles. The van der Waals surface area contributed by atoms with Crippen LogP contribution in [0.3, 0.4) is 0 Å². The van der Waals surface area contributed by atoms with E-state index in [1.165, 1.54) is 0 Å². The van der Waals surface area contributed by atoms with Crippen molar-refractivity contribution in [3.8, 4) is 11.3 Å². The molecule has 1 unspecified atom stereocenters. The molecule has 0 saturated heterocycles. The second-order valence-electron chi connectivity index (χ2n) is 5.52. The first kappa shape index (κ1) is 18.3. The highest BCUT2D eigenvalue weighted by Crippen LogP contribution is 2.20. The van der Waals surface area contributed by atoms with E-state index in [4.69, 9.17) is 5.73 Å². The predicted octanol–water partition coefficient (Wildman–Crippen LogP) is 0.391. The van der Waals surface area contributed by atoms with Gasteiger partial charge in [-0.25, -0.2) is 0 Å². The lowest BCUT2D eigenvalue weighted by Crippen LogP contribution is -2.47. The molecule has 0 aromatic carbocycles. The summed E-state index contributed by atoms with van der Waals surface area (Å²) in [5, 5.41) is 2.53. The quantitative estimate of drug-likeness (QED) is 0.563. The molecule has 10 heteroatoms. The monoisotopic (exact) mass is 382 g/mol. The van der Waals surface area contributed by atoms with Crippen LogP contribution in [0.15, 0.2) is 49.1 Å². The van der Waals surface area contributed by atoms with Gasteiger partial charge in [-0.15, -0.1) is 0 Å². The summed E-state index contributed by atoms with van der Waals surface area (Å²) < 4.78 is 8.13. The molecule has 0 aliphatic heterocycles. The smallest absolute Gasteiger partial charge is 0.287 e. The van der Waals surface area contributed by atoms with Crippen LogP contribution in [0.25, 0.3) is 11.3 Å². The number of carbonyl (C=O) groups is 3. The van der Waals surface area contributed by atoms with Gasteiger partial charge in [0.15, 0.2) is 5.69 Å². The number of primary amides is 1. The van der Waals surface area contributed by atoms with Crippen molar-refractivity contribution in [2.45, 2.75) is 12.5 Å². The van der Waals surface area contributed by atoms with Crippen LogP contribution in [0, 0.1) is 0 Å². The van der Waals surface area contributed by atoms with E-state index >= 15 is 0 Å². The molecule has 3 N–H and O–H groups in total. The molecular weight excluding hydrogens is 368 g/mol. The number of hydrogen-bond acceptors (Lipinski definition) is 8. The zero-order valence-corrected chi connectivity index (χ0v) is 14.7. The van der Waals surface area contributed by atoms with E-state index < -0.39 is 23.6 Å². The van der Waals surface area contributed by atoms with E-state index in [0.717, 1.165) is 11.7 Å². The average molecular weight is 382 g/mol. The van der Waals surface area contributed by atoms with Crippen molar-refractivity contribution in [2.24, 2.45) is 5.73 Å². The first-order valence-electron chi connectivity index (χ1n) is 7.82. The lowest BCUT2D eigenvalue weighted by Gasteiger charge is -2.16. The Morgan fingerprint density at radius 1 is 1.07 bits per heavy atom. The fourth-order valence-electron chi connectivity index (χ4n) is 2.39. The van der Waals surface area contributed by atoms with Crippen LogP contribution in [0.2, 0.25) is 0 Å². The first-order valence-corrected chi connectivity index (χ1v) is 8.55. The fourth-order valence-corrected chi connectivity index (χ4v) is 2.96. The van der Waals surface area contributed by atoms with Crippen LogP contribution in [0.5, 0.6) is 0 Å². The summed E-state index contributed by atoms with van der Waals surface area (Å²) in [5.41, 5.74) is 6.84. The van der Waals surface area contributed by atoms with Gasteiger partial charge in [0.05, 0.1) is 11.7 Å². The summed E-state index contributed by atoms with van der Waals surface area (Å²) >= 11 is 0.862. The Morgan fingerprint density at radius 2 is 1.85 bits per heavy atom. The van der Waals surface area contributed by atoms with Gasteiger partial charge in [0, 0.05) is 36.8 Å². The highest BCUT2D eigenvalue weighted by molar-refractivity contribution is 6.99. The van der Waals surface area contributed by atoms with Crippen molar-refractivity contribution < 1.29 is 14.4 Å². The number of nitrogens with zero attached hydrogens (tertiary/aromatic N) is 4. The minimum absolute atomic E-state index is 0.0463. The molecular formula is C17H14N6O3S. The van der Waals surface area contributed by atoms with Crippen LogP contribution in [-0.2, 0) is 16.0 Å². The maximum atomic E-state index is 12.7. The van der Waals surface area contributed by atoms with Crippen molar-refractivity contribution in [3.63, 3.8) is 0 Å². The standard InChI is InChI=1S/C17H14N6O3S/c18-16(25)15(24)12(8-10-3-6-19-7-4-10)21-17(26)14-13(22-27-23-14)11-2-1-5-20-9-11/h1-7,9,12H,8H2,(H2,18,25)(H,21,26).